The number of benzene rings is 1. The molecule has 6 nitrogen and oxygen atoms in total. The summed E-state index contributed by atoms with van der Waals surface area (Å²) in [4.78, 5) is 22.9. The summed E-state index contributed by atoms with van der Waals surface area (Å²) in [5.41, 5.74) is 10.3. The van der Waals surface area contributed by atoms with Crippen LogP contribution in [0.15, 0.2) is 48.8 Å². The van der Waals surface area contributed by atoms with Crippen LogP contribution in [-0.2, 0) is 4.79 Å². The number of rotatable bonds is 2. The number of carbonyl (C=O) groups excluding carboxylic acids is 1. The van der Waals surface area contributed by atoms with Gasteiger partial charge in [0.05, 0.1) is 11.7 Å². The van der Waals surface area contributed by atoms with Crippen molar-refractivity contribution in [2.24, 2.45) is 0 Å². The zero-order valence-corrected chi connectivity index (χ0v) is 13.0. The highest BCUT2D eigenvalue weighted by atomic mass is 16.1. The van der Waals surface area contributed by atoms with Crippen molar-refractivity contribution in [1.82, 2.24) is 15.0 Å². The average Bonchev–Trinajstić information content (AvgIpc) is 2.92. The number of nitrogen functional groups attached to an aromatic ring is 1. The highest BCUT2D eigenvalue weighted by Crippen LogP contribution is 2.29. The molecule has 4 N–H and O–H groups in total. The number of aromatic amines is 1. The zero-order chi connectivity index (χ0) is 16.7. The first-order chi connectivity index (χ1) is 11.6. The topological polar surface area (TPSA) is 96.7 Å². The predicted molar refractivity (Wildman–Crippen MR) is 95.5 cm³/mol. The second-order valence-electron chi connectivity index (χ2n) is 5.66. The molecule has 0 radical (unpaired) electrons. The summed E-state index contributed by atoms with van der Waals surface area (Å²) in [7, 11) is 0. The van der Waals surface area contributed by atoms with E-state index in [2.05, 4.69) is 26.3 Å². The van der Waals surface area contributed by atoms with Crippen LogP contribution in [0.1, 0.15) is 6.92 Å². The summed E-state index contributed by atoms with van der Waals surface area (Å²) >= 11 is 0. The Morgan fingerprint density at radius 2 is 1.83 bits per heavy atom. The second kappa shape index (κ2) is 5.34. The summed E-state index contributed by atoms with van der Waals surface area (Å²) in [6.07, 6.45) is 3.54. The third-order valence-electron chi connectivity index (χ3n) is 3.89. The van der Waals surface area contributed by atoms with Crippen molar-refractivity contribution in [3.63, 3.8) is 0 Å². The van der Waals surface area contributed by atoms with Crippen LogP contribution in [0.5, 0.6) is 0 Å². The Kier molecular flexibility index (Phi) is 3.16. The molecule has 0 aliphatic carbocycles. The van der Waals surface area contributed by atoms with Crippen molar-refractivity contribution in [1.29, 1.82) is 0 Å². The number of hydrogen-bond donors (Lipinski definition) is 3. The van der Waals surface area contributed by atoms with Crippen LogP contribution < -0.4 is 11.1 Å². The Morgan fingerprint density at radius 1 is 1.04 bits per heavy atom. The van der Waals surface area contributed by atoms with Gasteiger partial charge < -0.3 is 16.0 Å². The Balaban J connectivity index is 1.80. The molecule has 1 amide bonds. The maximum absolute atomic E-state index is 11.1. The van der Waals surface area contributed by atoms with E-state index in [4.69, 9.17) is 5.73 Å². The molecule has 0 spiro atoms. The van der Waals surface area contributed by atoms with Crippen molar-refractivity contribution in [2.75, 3.05) is 11.1 Å². The van der Waals surface area contributed by atoms with E-state index in [0.717, 1.165) is 38.8 Å². The van der Waals surface area contributed by atoms with Gasteiger partial charge in [0.1, 0.15) is 11.5 Å². The van der Waals surface area contributed by atoms with Gasteiger partial charge in [0, 0.05) is 35.1 Å². The van der Waals surface area contributed by atoms with Crippen LogP contribution in [0, 0.1) is 0 Å². The molecule has 4 aromatic rings. The van der Waals surface area contributed by atoms with Crippen molar-refractivity contribution >= 4 is 39.3 Å². The fourth-order valence-corrected chi connectivity index (χ4v) is 2.80. The molecule has 3 aromatic heterocycles. The maximum atomic E-state index is 11.1. The number of carbonyl (C=O) groups is 1. The number of nitrogens with two attached hydrogens (primary N) is 1. The number of anilines is 2. The third kappa shape index (κ3) is 2.44. The highest BCUT2D eigenvalue weighted by Gasteiger charge is 2.08. The molecule has 0 aliphatic heterocycles. The van der Waals surface area contributed by atoms with Gasteiger partial charge in [0.25, 0.3) is 0 Å². The Hall–Kier alpha value is -3.41. The molecular formula is C18H15N5O. The Labute approximate surface area is 137 Å². The van der Waals surface area contributed by atoms with E-state index in [1.807, 2.05) is 36.5 Å². The van der Waals surface area contributed by atoms with Gasteiger partial charge in [0.2, 0.25) is 5.91 Å². The van der Waals surface area contributed by atoms with Gasteiger partial charge in [-0.15, -0.1) is 0 Å². The lowest BCUT2D eigenvalue weighted by Crippen LogP contribution is -2.05. The molecule has 4 rings (SSSR count). The van der Waals surface area contributed by atoms with Crippen molar-refractivity contribution in [2.45, 2.75) is 6.92 Å². The van der Waals surface area contributed by atoms with Gasteiger partial charge in [-0.2, -0.15) is 0 Å². The summed E-state index contributed by atoms with van der Waals surface area (Å²) in [6, 6.07) is 11.6. The van der Waals surface area contributed by atoms with Crippen LogP contribution >= 0.6 is 0 Å². The summed E-state index contributed by atoms with van der Waals surface area (Å²) in [5.74, 6) is 0.393. The van der Waals surface area contributed by atoms with Gasteiger partial charge in [-0.1, -0.05) is 12.1 Å². The number of hydrogen-bond acceptors (Lipinski definition) is 4. The van der Waals surface area contributed by atoms with Gasteiger partial charge >= 0.3 is 0 Å². The minimum Gasteiger partial charge on any atom is -0.384 e. The number of pyridine rings is 2. The van der Waals surface area contributed by atoms with E-state index in [-0.39, 0.29) is 5.91 Å². The first kappa shape index (κ1) is 14.2. The van der Waals surface area contributed by atoms with E-state index in [0.29, 0.717) is 5.82 Å². The number of fused-ring (bicyclic) bond motifs is 3. The second-order valence-corrected chi connectivity index (χ2v) is 5.66. The van der Waals surface area contributed by atoms with E-state index in [1.54, 1.807) is 6.20 Å². The van der Waals surface area contributed by atoms with E-state index in [9.17, 15) is 4.79 Å². The molecule has 0 saturated carbocycles. The van der Waals surface area contributed by atoms with Crippen molar-refractivity contribution in [3.8, 4) is 11.1 Å². The number of H-pyrrole nitrogens is 1. The standard InChI is InChI=1S/C18H15N5O/c1-10(24)22-13-4-2-11(3-5-13)12-6-15-14-7-17(19)20-9-16(14)23-18(15)21-8-12/h2-9H,1H3,(H2,19,20)(H,21,23)(H,22,24). The van der Waals surface area contributed by atoms with Gasteiger partial charge in [-0.25, -0.2) is 9.97 Å². The number of amides is 1. The van der Waals surface area contributed by atoms with Crippen LogP contribution in [0.25, 0.3) is 33.1 Å². The number of nitrogens with zero attached hydrogens (tertiary/aromatic N) is 2. The Bertz CT molecular complexity index is 1070. The smallest absolute Gasteiger partial charge is 0.221 e. The largest absolute Gasteiger partial charge is 0.384 e. The normalized spacial score (nSPS) is 11.0. The monoisotopic (exact) mass is 317 g/mol. The molecule has 0 bridgehead atoms. The zero-order valence-electron chi connectivity index (χ0n) is 13.0. The van der Waals surface area contributed by atoms with Crippen LogP contribution in [0.4, 0.5) is 11.5 Å². The van der Waals surface area contributed by atoms with E-state index < -0.39 is 0 Å². The van der Waals surface area contributed by atoms with Crippen LogP contribution in [-0.4, -0.2) is 20.9 Å². The molecule has 1 aromatic carbocycles. The van der Waals surface area contributed by atoms with Crippen molar-refractivity contribution in [3.05, 3.63) is 48.8 Å². The number of nitrogens with one attached hydrogen (secondary N) is 2. The predicted octanol–water partition coefficient (Wildman–Crippen LogP) is 3.32. The first-order valence-corrected chi connectivity index (χ1v) is 7.51. The van der Waals surface area contributed by atoms with Gasteiger partial charge in [-0.05, 0) is 29.8 Å². The summed E-state index contributed by atoms with van der Waals surface area (Å²) in [6.45, 7) is 1.49. The van der Waals surface area contributed by atoms with E-state index >= 15 is 0 Å². The molecule has 0 fully saturated rings. The average molecular weight is 317 g/mol. The highest BCUT2D eigenvalue weighted by molar-refractivity contribution is 6.07. The molecule has 6 heteroatoms. The lowest BCUT2D eigenvalue weighted by molar-refractivity contribution is -0.114. The van der Waals surface area contributed by atoms with Gasteiger partial charge in [-0.3, -0.25) is 4.79 Å². The van der Waals surface area contributed by atoms with Gasteiger partial charge in [0.15, 0.2) is 0 Å². The molecule has 0 saturated heterocycles. The third-order valence-corrected chi connectivity index (χ3v) is 3.89. The fraction of sp³-hybridized carbons (Fsp3) is 0.0556. The van der Waals surface area contributed by atoms with E-state index in [1.165, 1.54) is 6.92 Å². The van der Waals surface area contributed by atoms with Crippen molar-refractivity contribution < 1.29 is 4.79 Å². The molecule has 0 aliphatic rings. The fourth-order valence-electron chi connectivity index (χ4n) is 2.80. The lowest BCUT2D eigenvalue weighted by Gasteiger charge is -2.05. The maximum Gasteiger partial charge on any atom is 0.221 e. The quantitative estimate of drug-likeness (QED) is 0.528. The summed E-state index contributed by atoms with van der Waals surface area (Å²) < 4.78 is 0. The SMILES string of the molecule is CC(=O)Nc1ccc(-c2cnc3[nH]c4cnc(N)cc4c3c2)cc1. The van der Waals surface area contributed by atoms with Crippen LogP contribution in [0.3, 0.4) is 0 Å². The lowest BCUT2D eigenvalue weighted by atomic mass is 10.1. The minimum atomic E-state index is -0.0872. The molecule has 118 valence electrons. The molecule has 0 atom stereocenters. The van der Waals surface area contributed by atoms with Crippen LogP contribution in [0.2, 0.25) is 0 Å². The molecule has 0 unspecified atom stereocenters. The molecular weight excluding hydrogens is 302 g/mol. The summed E-state index contributed by atoms with van der Waals surface area (Å²) in [5, 5.41) is 4.76. The minimum absolute atomic E-state index is 0.0872. The number of aromatic nitrogens is 3. The molecule has 3 heterocycles. The first-order valence-electron chi connectivity index (χ1n) is 7.51. The molecule has 24 heavy (non-hydrogen) atoms. The Morgan fingerprint density at radius 3 is 2.58 bits per heavy atom.